The molecule has 150 valence electrons. The normalized spacial score (nSPS) is 33.3. The van der Waals surface area contributed by atoms with Crippen LogP contribution in [-0.2, 0) is 18.0 Å². The predicted molar refractivity (Wildman–Crippen MR) is 94.9 cm³/mol. The summed E-state index contributed by atoms with van der Waals surface area (Å²) in [6, 6.07) is 0.101. The van der Waals surface area contributed by atoms with E-state index in [1.54, 1.807) is 0 Å². The monoisotopic (exact) mass is 402 g/mol. The predicted octanol–water partition coefficient (Wildman–Crippen LogP) is 3.65. The van der Waals surface area contributed by atoms with Crippen LogP contribution in [0.2, 0.25) is 0 Å². The summed E-state index contributed by atoms with van der Waals surface area (Å²) in [5.74, 6) is 1.27. The van der Waals surface area contributed by atoms with Crippen LogP contribution in [0.25, 0.3) is 0 Å². The second-order valence-corrected chi connectivity index (χ2v) is 9.66. The second kappa shape index (κ2) is 6.67. The Hall–Kier alpha value is -1.25. The molecule has 0 radical (unpaired) electrons. The third-order valence-corrected chi connectivity index (χ3v) is 7.82. The van der Waals surface area contributed by atoms with Gasteiger partial charge in [-0.2, -0.15) is 13.2 Å². The Bertz CT molecular complexity index is 697. The summed E-state index contributed by atoms with van der Waals surface area (Å²) in [7, 11) is 1.27. The molecule has 4 aliphatic rings. The van der Waals surface area contributed by atoms with Gasteiger partial charge in [-0.05, 0) is 68.6 Å². The Balaban J connectivity index is 1.34. The van der Waals surface area contributed by atoms with Gasteiger partial charge in [-0.25, -0.2) is 0 Å². The first-order chi connectivity index (χ1) is 12.7. The molecule has 9 heteroatoms. The van der Waals surface area contributed by atoms with Crippen molar-refractivity contribution in [2.24, 2.45) is 30.2 Å². The molecule has 0 unspecified atom stereocenters. The molecule has 5 rings (SSSR count). The lowest BCUT2D eigenvalue weighted by Gasteiger charge is -2.59. The lowest BCUT2D eigenvalue weighted by Crippen LogP contribution is -2.56. The van der Waals surface area contributed by atoms with Crippen LogP contribution in [0.4, 0.5) is 13.2 Å². The van der Waals surface area contributed by atoms with Gasteiger partial charge in [0.1, 0.15) is 0 Å². The van der Waals surface area contributed by atoms with Gasteiger partial charge in [-0.1, -0.05) is 11.8 Å². The van der Waals surface area contributed by atoms with Crippen molar-refractivity contribution in [1.82, 2.24) is 20.1 Å². The third kappa shape index (κ3) is 3.59. The molecule has 1 heterocycles. The van der Waals surface area contributed by atoms with Crippen molar-refractivity contribution >= 4 is 17.7 Å². The summed E-state index contributed by atoms with van der Waals surface area (Å²) in [5.41, 5.74) is 0.212. The Morgan fingerprint density at radius 2 is 1.78 bits per heavy atom. The molecule has 4 fully saturated rings. The van der Waals surface area contributed by atoms with Gasteiger partial charge in [0.2, 0.25) is 11.7 Å². The van der Waals surface area contributed by atoms with E-state index in [1.807, 2.05) is 0 Å². The number of nitrogens with zero attached hydrogens (tertiary/aromatic N) is 3. The van der Waals surface area contributed by atoms with Crippen LogP contribution < -0.4 is 5.32 Å². The molecular formula is C18H25F3N4OS. The number of thioether (sulfide) groups is 1. The number of halogens is 3. The van der Waals surface area contributed by atoms with Gasteiger partial charge >= 0.3 is 6.18 Å². The number of carbonyl (C=O) groups is 1. The minimum Gasteiger partial charge on any atom is -0.352 e. The van der Waals surface area contributed by atoms with E-state index in [2.05, 4.69) is 22.4 Å². The summed E-state index contributed by atoms with van der Waals surface area (Å²) in [4.78, 5) is 12.4. The molecule has 1 N–H and O–H groups in total. The van der Waals surface area contributed by atoms with Gasteiger partial charge in [-0.3, -0.25) is 4.79 Å². The van der Waals surface area contributed by atoms with E-state index in [9.17, 15) is 18.0 Å². The van der Waals surface area contributed by atoms with Crippen molar-refractivity contribution in [1.29, 1.82) is 0 Å². The van der Waals surface area contributed by atoms with Crippen molar-refractivity contribution in [3.8, 4) is 0 Å². The van der Waals surface area contributed by atoms with Gasteiger partial charge in [0.15, 0.2) is 5.16 Å². The zero-order valence-electron chi connectivity index (χ0n) is 15.6. The summed E-state index contributed by atoms with van der Waals surface area (Å²) >= 11 is 0.988. The summed E-state index contributed by atoms with van der Waals surface area (Å²) in [6.07, 6.45) is 3.11. The van der Waals surface area contributed by atoms with Crippen LogP contribution in [0.3, 0.4) is 0 Å². The molecule has 5 nitrogen and oxygen atoms in total. The van der Waals surface area contributed by atoms with E-state index in [-0.39, 0.29) is 28.3 Å². The Morgan fingerprint density at radius 3 is 2.26 bits per heavy atom. The van der Waals surface area contributed by atoms with Crippen LogP contribution in [0.1, 0.15) is 51.3 Å². The second-order valence-electron chi connectivity index (χ2n) is 8.72. The lowest BCUT2D eigenvalue weighted by molar-refractivity contribution is -0.147. The maximum Gasteiger partial charge on any atom is 0.451 e. The molecule has 1 amide bonds. The fraction of sp³-hybridized carbons (Fsp3) is 0.833. The number of carbonyl (C=O) groups excluding carboxylic acids is 1. The van der Waals surface area contributed by atoms with E-state index in [1.165, 1.54) is 45.6 Å². The highest BCUT2D eigenvalue weighted by molar-refractivity contribution is 7.99. The zero-order valence-corrected chi connectivity index (χ0v) is 16.4. The molecule has 1 atom stereocenters. The third-order valence-electron chi connectivity index (χ3n) is 6.80. The van der Waals surface area contributed by atoms with Crippen molar-refractivity contribution in [2.45, 2.75) is 62.8 Å². The number of alkyl halides is 3. The number of nitrogens with one attached hydrogen (secondary N) is 1. The molecule has 0 aromatic carbocycles. The Labute approximate surface area is 160 Å². The van der Waals surface area contributed by atoms with Crippen molar-refractivity contribution < 1.29 is 18.0 Å². The molecule has 4 saturated carbocycles. The lowest BCUT2D eigenvalue weighted by atomic mass is 9.48. The highest BCUT2D eigenvalue weighted by atomic mass is 32.2. The number of aromatic nitrogens is 3. The fourth-order valence-electron chi connectivity index (χ4n) is 5.96. The SMILES string of the molecule is C[C@@H](NC(=O)CSc1nnc(C(F)(F)F)n1C)C12CC3CC(CC(C3)C1)C2. The number of hydrogen-bond donors (Lipinski definition) is 1. The van der Waals surface area contributed by atoms with Gasteiger partial charge in [0.05, 0.1) is 5.75 Å². The van der Waals surface area contributed by atoms with E-state index in [4.69, 9.17) is 0 Å². The molecule has 1 aromatic heterocycles. The molecular weight excluding hydrogens is 377 g/mol. The summed E-state index contributed by atoms with van der Waals surface area (Å²) < 4.78 is 39.2. The van der Waals surface area contributed by atoms with Gasteiger partial charge in [-0.15, -0.1) is 10.2 Å². The Kier molecular flexibility index (Phi) is 4.71. The van der Waals surface area contributed by atoms with E-state index in [0.717, 1.165) is 34.1 Å². The van der Waals surface area contributed by atoms with Crippen LogP contribution >= 0.6 is 11.8 Å². The number of amides is 1. The quantitative estimate of drug-likeness (QED) is 0.764. The molecule has 0 spiro atoms. The standard InChI is InChI=1S/C18H25F3N4OS/c1-10(17-6-11-3-12(7-17)5-13(4-11)8-17)22-14(26)9-27-16-24-23-15(25(16)2)18(19,20)21/h10-13H,3-9H2,1-2H3,(H,22,26)/t10-,11?,12?,13?,17?/m1/s1. The maximum atomic E-state index is 12.8. The summed E-state index contributed by atoms with van der Waals surface area (Å²) in [5, 5.41) is 9.97. The highest BCUT2D eigenvalue weighted by Crippen LogP contribution is 2.61. The number of hydrogen-bond acceptors (Lipinski definition) is 4. The average Bonchev–Trinajstić information content (AvgIpc) is 2.92. The average molecular weight is 402 g/mol. The molecule has 1 aromatic rings. The first-order valence-electron chi connectivity index (χ1n) is 9.55. The van der Waals surface area contributed by atoms with Crippen LogP contribution in [0, 0.1) is 23.2 Å². The van der Waals surface area contributed by atoms with Crippen LogP contribution in [0.5, 0.6) is 0 Å². The Morgan fingerprint density at radius 1 is 1.22 bits per heavy atom. The smallest absolute Gasteiger partial charge is 0.352 e. The zero-order chi connectivity index (χ0) is 19.4. The van der Waals surface area contributed by atoms with Gasteiger partial charge in [0, 0.05) is 13.1 Å². The highest BCUT2D eigenvalue weighted by Gasteiger charge is 2.53. The largest absolute Gasteiger partial charge is 0.451 e. The topological polar surface area (TPSA) is 59.8 Å². The minimum atomic E-state index is -4.55. The van der Waals surface area contributed by atoms with Gasteiger partial charge < -0.3 is 9.88 Å². The maximum absolute atomic E-state index is 12.8. The van der Waals surface area contributed by atoms with E-state index >= 15 is 0 Å². The molecule has 0 saturated heterocycles. The fourth-order valence-corrected chi connectivity index (χ4v) is 6.68. The first-order valence-corrected chi connectivity index (χ1v) is 10.5. The molecule has 4 aliphatic carbocycles. The van der Waals surface area contributed by atoms with Crippen LogP contribution in [0.15, 0.2) is 5.16 Å². The molecule has 27 heavy (non-hydrogen) atoms. The van der Waals surface area contributed by atoms with Gasteiger partial charge in [0.25, 0.3) is 0 Å². The van der Waals surface area contributed by atoms with Crippen LogP contribution in [-0.4, -0.2) is 32.5 Å². The first kappa shape index (κ1) is 19.1. The van der Waals surface area contributed by atoms with E-state index < -0.39 is 12.0 Å². The minimum absolute atomic E-state index is 0.0422. The molecule has 4 bridgehead atoms. The number of rotatable bonds is 5. The molecule has 0 aliphatic heterocycles. The van der Waals surface area contributed by atoms with Crippen molar-refractivity contribution in [3.05, 3.63) is 5.82 Å². The van der Waals surface area contributed by atoms with Crippen molar-refractivity contribution in [2.75, 3.05) is 5.75 Å². The van der Waals surface area contributed by atoms with E-state index in [0.29, 0.717) is 0 Å². The van der Waals surface area contributed by atoms with Crippen molar-refractivity contribution in [3.63, 3.8) is 0 Å². The summed E-state index contributed by atoms with van der Waals surface area (Å²) in [6.45, 7) is 2.10.